The number of anilines is 3. The molecule has 41 heavy (non-hydrogen) atoms. The fourth-order valence-corrected chi connectivity index (χ4v) is 6.53. The molecule has 0 saturated heterocycles. The first-order valence-electron chi connectivity index (χ1n) is 12.3. The van der Waals surface area contributed by atoms with E-state index in [0.29, 0.717) is 11.4 Å². The lowest BCUT2D eigenvalue weighted by Crippen LogP contribution is -2.38. The Morgan fingerprint density at radius 2 is 1.44 bits per heavy atom. The van der Waals surface area contributed by atoms with E-state index in [1.807, 2.05) is 13.0 Å². The highest BCUT2D eigenvalue weighted by Gasteiger charge is 2.27. The number of nitrogens with one attached hydrogen (secondary N) is 2. The van der Waals surface area contributed by atoms with Crippen LogP contribution in [0.3, 0.4) is 0 Å². The van der Waals surface area contributed by atoms with Gasteiger partial charge >= 0.3 is 0 Å². The maximum absolute atomic E-state index is 13.6. The molecule has 0 bridgehead atoms. The first-order chi connectivity index (χ1) is 19.4. The highest BCUT2D eigenvalue weighted by Crippen LogP contribution is 2.26. The zero-order chi connectivity index (χ0) is 29.8. The zero-order valence-electron chi connectivity index (χ0n) is 22.5. The van der Waals surface area contributed by atoms with Gasteiger partial charge in [-0.25, -0.2) is 21.2 Å². The normalized spacial score (nSPS) is 11.5. The Kier molecular flexibility index (Phi) is 8.64. The molecule has 1 amide bonds. The van der Waals surface area contributed by atoms with Crippen LogP contribution in [-0.4, -0.2) is 36.4 Å². The summed E-state index contributed by atoms with van der Waals surface area (Å²) in [4.78, 5) is 12.9. The third-order valence-corrected chi connectivity index (χ3v) is 9.29. The number of methoxy groups -OCH3 is 1. The molecular weight excluding hydrogens is 569 g/mol. The number of carbonyl (C=O) groups excluding carboxylic acids is 1. The molecule has 0 spiro atoms. The maximum atomic E-state index is 13.6. The van der Waals surface area contributed by atoms with Gasteiger partial charge in [0.25, 0.3) is 20.0 Å². The molecule has 4 aromatic rings. The maximum Gasteiger partial charge on any atom is 0.264 e. The number of ether oxygens (including phenoxy) is 1. The van der Waals surface area contributed by atoms with Crippen molar-refractivity contribution in [2.75, 3.05) is 28.0 Å². The van der Waals surface area contributed by atoms with E-state index in [1.165, 1.54) is 67.8 Å². The van der Waals surface area contributed by atoms with Gasteiger partial charge < -0.3 is 10.1 Å². The third-order valence-electron chi connectivity index (χ3n) is 6.12. The van der Waals surface area contributed by atoms with Gasteiger partial charge in [-0.15, -0.1) is 0 Å². The Labute approximate surface area is 238 Å². The van der Waals surface area contributed by atoms with E-state index in [1.54, 1.807) is 19.1 Å². The van der Waals surface area contributed by atoms with Crippen molar-refractivity contribution in [1.82, 2.24) is 0 Å². The minimum Gasteiger partial charge on any atom is -0.497 e. The first kappa shape index (κ1) is 29.6. The van der Waals surface area contributed by atoms with Gasteiger partial charge in [0, 0.05) is 5.69 Å². The SMILES string of the molecule is COc1ccc(S(=O)(=O)N(CC(=O)Nc2ccc(S(=O)(=O)Nc3ccc(C)cc3C)cc2)c2ccc(F)cc2)cc1. The smallest absolute Gasteiger partial charge is 0.264 e. The third kappa shape index (κ3) is 7.02. The summed E-state index contributed by atoms with van der Waals surface area (Å²) in [6.45, 7) is 3.08. The van der Waals surface area contributed by atoms with Crippen LogP contribution in [0, 0.1) is 19.7 Å². The Balaban J connectivity index is 1.53. The van der Waals surface area contributed by atoms with Gasteiger partial charge in [0.1, 0.15) is 18.1 Å². The molecular formula is C29H28FN3O6S2. The van der Waals surface area contributed by atoms with Crippen molar-refractivity contribution < 1.29 is 30.8 Å². The second kappa shape index (κ2) is 12.0. The van der Waals surface area contributed by atoms with Crippen LogP contribution in [0.4, 0.5) is 21.5 Å². The quantitative estimate of drug-likeness (QED) is 0.263. The van der Waals surface area contributed by atoms with Gasteiger partial charge in [0.2, 0.25) is 5.91 Å². The Hall–Kier alpha value is -4.42. The fourth-order valence-electron chi connectivity index (χ4n) is 3.98. The number of halogens is 1. The summed E-state index contributed by atoms with van der Waals surface area (Å²) in [5.41, 5.74) is 2.55. The van der Waals surface area contributed by atoms with Crippen LogP contribution in [0.1, 0.15) is 11.1 Å². The number of sulfonamides is 2. The predicted octanol–water partition coefficient (Wildman–Crippen LogP) is 5.09. The minimum atomic E-state index is -4.23. The lowest BCUT2D eigenvalue weighted by Gasteiger charge is -2.24. The van der Waals surface area contributed by atoms with Crippen molar-refractivity contribution in [2.24, 2.45) is 0 Å². The van der Waals surface area contributed by atoms with Crippen molar-refractivity contribution in [2.45, 2.75) is 23.6 Å². The highest BCUT2D eigenvalue weighted by atomic mass is 32.2. The van der Waals surface area contributed by atoms with Gasteiger partial charge in [-0.1, -0.05) is 17.7 Å². The number of benzene rings is 4. The monoisotopic (exact) mass is 597 g/mol. The molecule has 0 saturated carbocycles. The molecule has 214 valence electrons. The number of rotatable bonds is 10. The largest absolute Gasteiger partial charge is 0.497 e. The Morgan fingerprint density at radius 1 is 0.829 bits per heavy atom. The van der Waals surface area contributed by atoms with Gasteiger partial charge in [-0.2, -0.15) is 0 Å². The average molecular weight is 598 g/mol. The second-order valence-corrected chi connectivity index (χ2v) is 12.7. The Morgan fingerprint density at radius 3 is 2.02 bits per heavy atom. The number of nitrogens with zero attached hydrogens (tertiary/aromatic N) is 1. The van der Waals surface area contributed by atoms with Crippen molar-refractivity contribution in [3.05, 3.63) is 108 Å². The number of amides is 1. The first-order valence-corrected chi connectivity index (χ1v) is 15.2. The number of carbonyl (C=O) groups is 1. The topological polar surface area (TPSA) is 122 Å². The van der Waals surface area contributed by atoms with Crippen LogP contribution < -0.4 is 19.1 Å². The summed E-state index contributed by atoms with van der Waals surface area (Å²) in [5.74, 6) is -0.817. The second-order valence-electron chi connectivity index (χ2n) is 9.16. The van der Waals surface area contributed by atoms with Crippen LogP contribution in [0.25, 0.3) is 0 Å². The molecule has 0 aliphatic heterocycles. The Bertz CT molecular complexity index is 1760. The molecule has 9 nitrogen and oxygen atoms in total. The van der Waals surface area contributed by atoms with E-state index in [4.69, 9.17) is 4.74 Å². The van der Waals surface area contributed by atoms with E-state index in [0.717, 1.165) is 27.6 Å². The van der Waals surface area contributed by atoms with Crippen LogP contribution in [0.2, 0.25) is 0 Å². The lowest BCUT2D eigenvalue weighted by atomic mass is 10.1. The summed E-state index contributed by atoms with van der Waals surface area (Å²) >= 11 is 0. The van der Waals surface area contributed by atoms with Crippen molar-refractivity contribution in [1.29, 1.82) is 0 Å². The van der Waals surface area contributed by atoms with Gasteiger partial charge in [0.15, 0.2) is 0 Å². The van der Waals surface area contributed by atoms with Gasteiger partial charge in [0.05, 0.1) is 28.3 Å². The van der Waals surface area contributed by atoms with E-state index in [9.17, 15) is 26.0 Å². The van der Waals surface area contributed by atoms with Crippen molar-refractivity contribution >= 4 is 43.0 Å². The summed E-state index contributed by atoms with van der Waals surface area (Å²) in [6, 6.07) is 21.1. The van der Waals surface area contributed by atoms with Crippen molar-refractivity contribution in [3.63, 3.8) is 0 Å². The van der Waals surface area contributed by atoms with Crippen molar-refractivity contribution in [3.8, 4) is 5.75 Å². The molecule has 4 rings (SSSR count). The molecule has 0 unspecified atom stereocenters. The molecule has 12 heteroatoms. The van der Waals surface area contributed by atoms with E-state index < -0.39 is 38.3 Å². The molecule has 4 aromatic carbocycles. The molecule has 2 N–H and O–H groups in total. The molecule has 0 aromatic heterocycles. The number of hydrogen-bond acceptors (Lipinski definition) is 6. The van der Waals surface area contributed by atoms with E-state index >= 15 is 0 Å². The number of aryl methyl sites for hydroxylation is 2. The van der Waals surface area contributed by atoms with E-state index in [-0.39, 0.29) is 21.2 Å². The average Bonchev–Trinajstić information content (AvgIpc) is 2.94. The van der Waals surface area contributed by atoms with Gasteiger partial charge in [-0.3, -0.25) is 13.8 Å². The van der Waals surface area contributed by atoms with Crippen LogP contribution in [-0.2, 0) is 24.8 Å². The van der Waals surface area contributed by atoms with Gasteiger partial charge in [-0.05, 0) is 98.3 Å². The molecule has 0 aliphatic rings. The number of hydrogen-bond donors (Lipinski definition) is 2. The molecule has 0 radical (unpaired) electrons. The van der Waals surface area contributed by atoms with Crippen LogP contribution in [0.5, 0.6) is 5.75 Å². The lowest BCUT2D eigenvalue weighted by molar-refractivity contribution is -0.114. The standard InChI is InChI=1S/C29H28FN3O6S2/c1-20-4-17-28(21(2)18-20)32-40(35,36)26-13-7-23(8-14-26)31-29(34)19-33(24-9-5-22(30)6-10-24)41(37,38)27-15-11-25(39-3)12-16-27/h4-18,32H,19H2,1-3H3,(H,31,34). The molecule has 0 fully saturated rings. The summed E-state index contributed by atoms with van der Waals surface area (Å²) in [6.07, 6.45) is 0. The fraction of sp³-hybridized carbons (Fsp3) is 0.138. The van der Waals surface area contributed by atoms with E-state index in [2.05, 4.69) is 10.0 Å². The zero-order valence-corrected chi connectivity index (χ0v) is 24.1. The van der Waals surface area contributed by atoms with Crippen LogP contribution in [0.15, 0.2) is 101 Å². The summed E-state index contributed by atoms with van der Waals surface area (Å²) < 4.78 is 74.8. The predicted molar refractivity (Wildman–Crippen MR) is 156 cm³/mol. The molecule has 0 atom stereocenters. The summed E-state index contributed by atoms with van der Waals surface area (Å²) in [5, 5.41) is 2.58. The molecule has 0 heterocycles. The highest BCUT2D eigenvalue weighted by molar-refractivity contribution is 7.93. The minimum absolute atomic E-state index is 0.0227. The van der Waals surface area contributed by atoms with Crippen LogP contribution >= 0.6 is 0 Å². The summed E-state index contributed by atoms with van der Waals surface area (Å²) in [7, 11) is -6.69. The molecule has 0 aliphatic carbocycles.